The van der Waals surface area contributed by atoms with E-state index in [2.05, 4.69) is 43.6 Å². The Morgan fingerprint density at radius 3 is 2.66 bits per heavy atom. The third-order valence-electron chi connectivity index (χ3n) is 5.16. The number of amides is 1. The molecule has 0 aliphatic rings. The first-order valence-corrected chi connectivity index (χ1v) is 11.1. The number of rotatable bonds is 7. The molecule has 0 fully saturated rings. The number of anilines is 1. The highest BCUT2D eigenvalue weighted by atomic mass is 79.9. The number of carbonyl (C=O) groups excluding carboxylic acids is 1. The lowest BCUT2D eigenvalue weighted by Crippen LogP contribution is -2.10. The second-order valence-electron chi connectivity index (χ2n) is 7.54. The zero-order valence-corrected chi connectivity index (χ0v) is 19.2. The quantitative estimate of drug-likeness (QED) is 0.295. The normalized spacial score (nSPS) is 11.3. The van der Waals surface area contributed by atoms with Crippen molar-refractivity contribution < 1.29 is 9.90 Å². The van der Waals surface area contributed by atoms with Crippen LogP contribution in [0, 0.1) is 6.92 Å². The van der Waals surface area contributed by atoms with Crippen molar-refractivity contribution in [3.8, 4) is 5.88 Å². The van der Waals surface area contributed by atoms with E-state index < -0.39 is 5.91 Å². The summed E-state index contributed by atoms with van der Waals surface area (Å²) in [4.78, 5) is 12.3. The van der Waals surface area contributed by atoms with E-state index in [1.165, 1.54) is 5.56 Å². The maximum Gasteiger partial charge on any atom is 0.283 e. The van der Waals surface area contributed by atoms with Crippen molar-refractivity contribution in [3.05, 3.63) is 88.4 Å². The van der Waals surface area contributed by atoms with Gasteiger partial charge in [0.15, 0.2) is 5.69 Å². The molecule has 1 aromatic heterocycles. The molecule has 1 amide bonds. The van der Waals surface area contributed by atoms with Gasteiger partial charge in [0, 0.05) is 22.1 Å². The molecule has 0 saturated heterocycles. The summed E-state index contributed by atoms with van der Waals surface area (Å²) in [6.07, 6.45) is 0.754. The van der Waals surface area contributed by atoms with Crippen LogP contribution in [0.15, 0.2) is 87.5 Å². The third kappa shape index (κ3) is 5.06. The van der Waals surface area contributed by atoms with E-state index in [0.29, 0.717) is 12.2 Å². The molecule has 4 rings (SSSR count). The lowest BCUT2D eigenvalue weighted by atomic mass is 10.1. The minimum Gasteiger partial charge on any atom is -0.493 e. The fraction of sp³-hybridized carbons (Fsp3) is 0.160. The molecule has 3 aromatic carbocycles. The van der Waals surface area contributed by atoms with Gasteiger partial charge in [0.05, 0.1) is 12.1 Å². The fourth-order valence-corrected chi connectivity index (χ4v) is 3.94. The standard InChI is InChI=1S/C25H23BrN4O2/c1-17-6-5-9-20(14-17)27-16-23(31)28-29-24-21-15-19(26)10-11-22(21)30(25(24)32)13-12-18-7-3-2-4-8-18/h2-11,14-15,27,32H,12-13,16H2,1H3. The molecule has 0 saturated carbocycles. The Labute approximate surface area is 194 Å². The van der Waals surface area contributed by atoms with Crippen LogP contribution in [0.4, 0.5) is 11.4 Å². The molecule has 2 N–H and O–H groups in total. The first-order chi connectivity index (χ1) is 15.5. The summed E-state index contributed by atoms with van der Waals surface area (Å²) in [5, 5.41) is 22.6. The molecular weight excluding hydrogens is 468 g/mol. The number of benzene rings is 3. The minimum absolute atomic E-state index is 0.00257. The third-order valence-corrected chi connectivity index (χ3v) is 5.66. The van der Waals surface area contributed by atoms with Crippen molar-refractivity contribution in [2.24, 2.45) is 10.2 Å². The second kappa shape index (κ2) is 9.78. The highest BCUT2D eigenvalue weighted by Gasteiger charge is 2.17. The van der Waals surface area contributed by atoms with Gasteiger partial charge in [-0.3, -0.25) is 4.79 Å². The average Bonchev–Trinajstić information content (AvgIpc) is 3.05. The smallest absolute Gasteiger partial charge is 0.283 e. The van der Waals surface area contributed by atoms with Crippen LogP contribution in [-0.4, -0.2) is 22.1 Å². The summed E-state index contributed by atoms with van der Waals surface area (Å²) in [7, 11) is 0. The number of nitrogens with zero attached hydrogens (tertiary/aromatic N) is 3. The van der Waals surface area contributed by atoms with Gasteiger partial charge in [-0.05, 0) is 54.8 Å². The molecule has 0 bridgehead atoms. The summed E-state index contributed by atoms with van der Waals surface area (Å²) in [5.41, 5.74) is 4.24. The van der Waals surface area contributed by atoms with Crippen molar-refractivity contribution in [1.82, 2.24) is 4.57 Å². The van der Waals surface area contributed by atoms with Gasteiger partial charge in [-0.2, -0.15) is 0 Å². The Morgan fingerprint density at radius 2 is 1.88 bits per heavy atom. The minimum atomic E-state index is -0.425. The van der Waals surface area contributed by atoms with E-state index in [1.54, 1.807) is 4.57 Å². The van der Waals surface area contributed by atoms with Crippen LogP contribution in [0.1, 0.15) is 11.1 Å². The first-order valence-electron chi connectivity index (χ1n) is 10.3. The first kappa shape index (κ1) is 21.8. The van der Waals surface area contributed by atoms with Gasteiger partial charge >= 0.3 is 0 Å². The Balaban J connectivity index is 1.55. The molecule has 4 aromatic rings. The molecule has 7 heteroatoms. The SMILES string of the molecule is Cc1cccc(NCC(=O)N=Nc2c(O)n(CCc3ccccc3)c3ccc(Br)cc23)c1. The maximum absolute atomic E-state index is 12.3. The Hall–Kier alpha value is -3.45. The van der Waals surface area contributed by atoms with Crippen LogP contribution in [-0.2, 0) is 17.8 Å². The number of halogens is 1. The van der Waals surface area contributed by atoms with E-state index in [4.69, 9.17) is 0 Å². The number of aryl methyl sites for hydroxylation is 3. The van der Waals surface area contributed by atoms with Gasteiger partial charge in [-0.15, -0.1) is 10.2 Å². The molecule has 32 heavy (non-hydrogen) atoms. The van der Waals surface area contributed by atoms with Gasteiger partial charge in [0.1, 0.15) is 0 Å². The summed E-state index contributed by atoms with van der Waals surface area (Å²) in [6.45, 7) is 2.58. The fourth-order valence-electron chi connectivity index (χ4n) is 3.58. The van der Waals surface area contributed by atoms with Crippen LogP contribution in [0.2, 0.25) is 0 Å². The highest BCUT2D eigenvalue weighted by molar-refractivity contribution is 9.10. The van der Waals surface area contributed by atoms with Gasteiger partial charge in [0.2, 0.25) is 5.88 Å². The van der Waals surface area contributed by atoms with Crippen LogP contribution in [0.5, 0.6) is 5.88 Å². The predicted molar refractivity (Wildman–Crippen MR) is 131 cm³/mol. The van der Waals surface area contributed by atoms with E-state index in [-0.39, 0.29) is 12.4 Å². The van der Waals surface area contributed by atoms with Crippen molar-refractivity contribution in [2.45, 2.75) is 19.9 Å². The highest BCUT2D eigenvalue weighted by Crippen LogP contribution is 2.40. The monoisotopic (exact) mass is 490 g/mol. The number of carbonyl (C=O) groups is 1. The van der Waals surface area contributed by atoms with Gasteiger partial charge in [0.25, 0.3) is 5.91 Å². The van der Waals surface area contributed by atoms with Crippen molar-refractivity contribution >= 4 is 44.1 Å². The number of aromatic nitrogens is 1. The summed E-state index contributed by atoms with van der Waals surface area (Å²) >= 11 is 3.47. The largest absolute Gasteiger partial charge is 0.493 e. The van der Waals surface area contributed by atoms with Crippen LogP contribution >= 0.6 is 15.9 Å². The molecule has 1 heterocycles. The second-order valence-corrected chi connectivity index (χ2v) is 8.45. The molecule has 0 aliphatic heterocycles. The molecule has 0 aliphatic carbocycles. The summed E-state index contributed by atoms with van der Waals surface area (Å²) in [5.74, 6) is -0.427. The van der Waals surface area contributed by atoms with E-state index in [0.717, 1.165) is 33.0 Å². The number of azo groups is 1. The van der Waals surface area contributed by atoms with Crippen molar-refractivity contribution in [1.29, 1.82) is 0 Å². The summed E-state index contributed by atoms with van der Waals surface area (Å²) < 4.78 is 2.66. The van der Waals surface area contributed by atoms with Gasteiger partial charge in [-0.1, -0.05) is 58.4 Å². The van der Waals surface area contributed by atoms with Crippen LogP contribution in [0.3, 0.4) is 0 Å². The Bertz CT molecular complexity index is 1280. The van der Waals surface area contributed by atoms with E-state index >= 15 is 0 Å². The lowest BCUT2D eigenvalue weighted by molar-refractivity contribution is -0.116. The lowest BCUT2D eigenvalue weighted by Gasteiger charge is -2.07. The molecule has 162 valence electrons. The topological polar surface area (TPSA) is 79.0 Å². The molecule has 0 unspecified atom stereocenters. The number of nitrogens with one attached hydrogen (secondary N) is 1. The number of hydrogen-bond donors (Lipinski definition) is 2. The Morgan fingerprint density at radius 1 is 1.06 bits per heavy atom. The molecule has 0 spiro atoms. The molecule has 0 radical (unpaired) electrons. The summed E-state index contributed by atoms with van der Waals surface area (Å²) in [6, 6.07) is 23.5. The molecule has 0 atom stereocenters. The molecule has 6 nitrogen and oxygen atoms in total. The number of aromatic hydroxyl groups is 1. The van der Waals surface area contributed by atoms with Crippen LogP contribution < -0.4 is 5.32 Å². The number of hydrogen-bond acceptors (Lipinski definition) is 4. The van der Waals surface area contributed by atoms with Crippen molar-refractivity contribution in [2.75, 3.05) is 11.9 Å². The number of fused-ring (bicyclic) bond motifs is 1. The van der Waals surface area contributed by atoms with Crippen molar-refractivity contribution in [3.63, 3.8) is 0 Å². The van der Waals surface area contributed by atoms with Gasteiger partial charge < -0.3 is 15.0 Å². The van der Waals surface area contributed by atoms with Gasteiger partial charge in [-0.25, -0.2) is 0 Å². The predicted octanol–water partition coefficient (Wildman–Crippen LogP) is 6.38. The van der Waals surface area contributed by atoms with Crippen LogP contribution in [0.25, 0.3) is 10.9 Å². The Kier molecular flexibility index (Phi) is 6.66. The van der Waals surface area contributed by atoms with E-state index in [9.17, 15) is 9.90 Å². The maximum atomic E-state index is 12.3. The zero-order chi connectivity index (χ0) is 22.5. The van der Waals surface area contributed by atoms with E-state index in [1.807, 2.05) is 67.6 Å². The zero-order valence-electron chi connectivity index (χ0n) is 17.6. The molecular formula is C25H23BrN4O2. The average molecular weight is 491 g/mol.